The second kappa shape index (κ2) is 6.04. The van der Waals surface area contributed by atoms with E-state index in [9.17, 15) is 4.79 Å². The van der Waals surface area contributed by atoms with Crippen molar-refractivity contribution in [1.29, 1.82) is 0 Å². The standard InChI is InChI=1S/C13H17BrO2/c1-4-9(5-2)13(15)10-6-7-12(16-3)11(14)8-10/h6-9H,4-5H2,1-3H3. The third kappa shape index (κ3) is 2.85. The molecule has 16 heavy (non-hydrogen) atoms. The fourth-order valence-electron chi connectivity index (χ4n) is 1.71. The number of Topliss-reactive ketones (excluding diaryl/α,β-unsaturated/α-hetero) is 1. The van der Waals surface area contributed by atoms with E-state index in [4.69, 9.17) is 4.74 Å². The largest absolute Gasteiger partial charge is 0.496 e. The first-order valence-electron chi connectivity index (χ1n) is 5.51. The fraction of sp³-hybridized carbons (Fsp3) is 0.462. The molecular formula is C13H17BrO2. The first kappa shape index (κ1) is 13.2. The number of methoxy groups -OCH3 is 1. The predicted octanol–water partition coefficient (Wildman–Crippen LogP) is 4.08. The molecule has 88 valence electrons. The number of hydrogen-bond donors (Lipinski definition) is 0. The molecule has 1 aromatic rings. The SMILES string of the molecule is CCC(CC)C(=O)c1ccc(OC)c(Br)c1. The van der Waals surface area contributed by atoms with Crippen molar-refractivity contribution in [2.45, 2.75) is 26.7 Å². The van der Waals surface area contributed by atoms with E-state index in [1.165, 1.54) is 0 Å². The third-order valence-electron chi connectivity index (χ3n) is 2.79. The predicted molar refractivity (Wildman–Crippen MR) is 69.1 cm³/mol. The van der Waals surface area contributed by atoms with Gasteiger partial charge < -0.3 is 4.74 Å². The normalized spacial score (nSPS) is 10.6. The third-order valence-corrected chi connectivity index (χ3v) is 3.41. The van der Waals surface area contributed by atoms with Gasteiger partial charge in [0.2, 0.25) is 0 Å². The molecule has 0 saturated heterocycles. The highest BCUT2D eigenvalue weighted by Crippen LogP contribution is 2.27. The first-order valence-corrected chi connectivity index (χ1v) is 6.31. The summed E-state index contributed by atoms with van der Waals surface area (Å²) in [4.78, 5) is 12.1. The van der Waals surface area contributed by atoms with Crippen LogP contribution in [0.3, 0.4) is 0 Å². The molecule has 0 N–H and O–H groups in total. The van der Waals surface area contributed by atoms with E-state index >= 15 is 0 Å². The molecule has 3 heteroatoms. The van der Waals surface area contributed by atoms with Crippen LogP contribution in [0.15, 0.2) is 22.7 Å². The van der Waals surface area contributed by atoms with Crippen LogP contribution in [-0.4, -0.2) is 12.9 Å². The maximum atomic E-state index is 12.1. The van der Waals surface area contributed by atoms with E-state index in [0.717, 1.165) is 28.6 Å². The summed E-state index contributed by atoms with van der Waals surface area (Å²) < 4.78 is 5.96. The van der Waals surface area contributed by atoms with Crippen LogP contribution in [-0.2, 0) is 0 Å². The van der Waals surface area contributed by atoms with Gasteiger partial charge in [0, 0.05) is 11.5 Å². The van der Waals surface area contributed by atoms with Gasteiger partial charge in [-0.15, -0.1) is 0 Å². The molecule has 0 aromatic heterocycles. The average Bonchev–Trinajstić information content (AvgIpc) is 2.30. The number of hydrogen-bond acceptors (Lipinski definition) is 2. The van der Waals surface area contributed by atoms with Gasteiger partial charge in [-0.05, 0) is 47.0 Å². The van der Waals surface area contributed by atoms with Crippen LogP contribution < -0.4 is 4.74 Å². The second-order valence-electron chi connectivity index (χ2n) is 3.73. The molecule has 0 aliphatic rings. The summed E-state index contributed by atoms with van der Waals surface area (Å²) in [6, 6.07) is 5.48. The molecule has 0 saturated carbocycles. The van der Waals surface area contributed by atoms with E-state index in [2.05, 4.69) is 15.9 Å². The van der Waals surface area contributed by atoms with Gasteiger partial charge in [0.1, 0.15) is 5.75 Å². The van der Waals surface area contributed by atoms with Crippen LogP contribution in [0.2, 0.25) is 0 Å². The first-order chi connectivity index (χ1) is 7.63. The van der Waals surface area contributed by atoms with E-state index in [0.29, 0.717) is 0 Å². The Balaban J connectivity index is 2.96. The fourth-order valence-corrected chi connectivity index (χ4v) is 2.26. The Morgan fingerprint density at radius 3 is 2.44 bits per heavy atom. The zero-order chi connectivity index (χ0) is 12.1. The molecule has 0 aliphatic carbocycles. The van der Waals surface area contributed by atoms with Crippen molar-refractivity contribution in [3.8, 4) is 5.75 Å². The lowest BCUT2D eigenvalue weighted by molar-refractivity contribution is 0.0913. The van der Waals surface area contributed by atoms with E-state index in [1.807, 2.05) is 32.0 Å². The maximum Gasteiger partial charge on any atom is 0.165 e. The van der Waals surface area contributed by atoms with E-state index < -0.39 is 0 Å². The van der Waals surface area contributed by atoms with Crippen molar-refractivity contribution in [3.63, 3.8) is 0 Å². The molecule has 0 spiro atoms. The van der Waals surface area contributed by atoms with Crippen LogP contribution in [0, 0.1) is 5.92 Å². The number of benzene rings is 1. The number of ether oxygens (including phenoxy) is 1. The van der Waals surface area contributed by atoms with Gasteiger partial charge in [-0.3, -0.25) is 4.79 Å². The van der Waals surface area contributed by atoms with Crippen LogP contribution in [0.4, 0.5) is 0 Å². The molecule has 1 aromatic carbocycles. The van der Waals surface area contributed by atoms with Gasteiger partial charge in [-0.1, -0.05) is 13.8 Å². The van der Waals surface area contributed by atoms with Crippen LogP contribution in [0.5, 0.6) is 5.75 Å². The van der Waals surface area contributed by atoms with Gasteiger partial charge in [-0.2, -0.15) is 0 Å². The molecule has 0 aliphatic heterocycles. The van der Waals surface area contributed by atoms with Gasteiger partial charge in [0.15, 0.2) is 5.78 Å². The molecule has 0 unspecified atom stereocenters. The van der Waals surface area contributed by atoms with Gasteiger partial charge in [0.25, 0.3) is 0 Å². The lowest BCUT2D eigenvalue weighted by atomic mass is 9.93. The zero-order valence-electron chi connectivity index (χ0n) is 9.92. The summed E-state index contributed by atoms with van der Waals surface area (Å²) in [5.74, 6) is 1.09. The molecular weight excluding hydrogens is 268 g/mol. The van der Waals surface area contributed by atoms with Crippen molar-refractivity contribution in [1.82, 2.24) is 0 Å². The van der Waals surface area contributed by atoms with Gasteiger partial charge in [0.05, 0.1) is 11.6 Å². The number of ketones is 1. The zero-order valence-corrected chi connectivity index (χ0v) is 11.5. The smallest absolute Gasteiger partial charge is 0.165 e. The number of halogens is 1. The highest BCUT2D eigenvalue weighted by Gasteiger charge is 2.17. The van der Waals surface area contributed by atoms with Crippen molar-refractivity contribution in [2.24, 2.45) is 5.92 Å². The molecule has 1 rings (SSSR count). The topological polar surface area (TPSA) is 26.3 Å². The minimum atomic E-state index is 0.125. The Hall–Kier alpha value is -0.830. The number of rotatable bonds is 5. The Morgan fingerprint density at radius 2 is 2.00 bits per heavy atom. The highest BCUT2D eigenvalue weighted by molar-refractivity contribution is 9.10. The summed E-state index contributed by atoms with van der Waals surface area (Å²) in [6.45, 7) is 4.09. The molecule has 0 bridgehead atoms. The maximum absolute atomic E-state index is 12.1. The lowest BCUT2D eigenvalue weighted by Gasteiger charge is -2.12. The van der Waals surface area contributed by atoms with Crippen molar-refractivity contribution in [2.75, 3.05) is 7.11 Å². The lowest BCUT2D eigenvalue weighted by Crippen LogP contribution is -2.12. The molecule has 0 heterocycles. The Bertz CT molecular complexity index is 370. The number of carbonyl (C=O) groups is 1. The van der Waals surface area contributed by atoms with Crippen molar-refractivity contribution in [3.05, 3.63) is 28.2 Å². The summed E-state index contributed by atoms with van der Waals surface area (Å²) in [6.07, 6.45) is 1.78. The summed E-state index contributed by atoms with van der Waals surface area (Å²) in [7, 11) is 1.61. The summed E-state index contributed by atoms with van der Waals surface area (Å²) >= 11 is 3.39. The Labute approximate surface area is 105 Å². The Morgan fingerprint density at radius 1 is 1.38 bits per heavy atom. The minimum Gasteiger partial charge on any atom is -0.496 e. The van der Waals surface area contributed by atoms with Crippen molar-refractivity contribution < 1.29 is 9.53 Å². The monoisotopic (exact) mass is 284 g/mol. The average molecular weight is 285 g/mol. The summed E-state index contributed by atoms with van der Waals surface area (Å²) in [5.41, 5.74) is 0.751. The number of carbonyl (C=O) groups excluding carboxylic acids is 1. The molecule has 0 atom stereocenters. The highest BCUT2D eigenvalue weighted by atomic mass is 79.9. The van der Waals surface area contributed by atoms with Crippen molar-refractivity contribution >= 4 is 21.7 Å². The minimum absolute atomic E-state index is 0.125. The quantitative estimate of drug-likeness (QED) is 0.762. The van der Waals surface area contributed by atoms with Crippen LogP contribution >= 0.6 is 15.9 Å². The molecule has 0 amide bonds. The molecule has 0 fully saturated rings. The molecule has 2 nitrogen and oxygen atoms in total. The van der Waals surface area contributed by atoms with E-state index in [1.54, 1.807) is 7.11 Å². The second-order valence-corrected chi connectivity index (χ2v) is 4.58. The van der Waals surface area contributed by atoms with E-state index in [-0.39, 0.29) is 11.7 Å². The summed E-state index contributed by atoms with van der Waals surface area (Å²) in [5, 5.41) is 0. The van der Waals surface area contributed by atoms with Crippen LogP contribution in [0.1, 0.15) is 37.0 Å². The Kier molecular flexibility index (Phi) is 5.00. The van der Waals surface area contributed by atoms with Crippen LogP contribution in [0.25, 0.3) is 0 Å². The van der Waals surface area contributed by atoms with Gasteiger partial charge >= 0.3 is 0 Å². The van der Waals surface area contributed by atoms with Gasteiger partial charge in [-0.25, -0.2) is 0 Å². The molecule has 0 radical (unpaired) electrons.